The van der Waals surface area contributed by atoms with Crippen LogP contribution in [0.3, 0.4) is 0 Å². The van der Waals surface area contributed by atoms with Crippen LogP contribution in [-0.4, -0.2) is 36.9 Å². The molecule has 24 heavy (non-hydrogen) atoms. The monoisotopic (exact) mass is 332 g/mol. The highest BCUT2D eigenvalue weighted by Crippen LogP contribution is 2.45. The first kappa shape index (κ1) is 16.5. The molecule has 6 heteroatoms. The Bertz CT molecular complexity index is 707. The highest BCUT2D eigenvalue weighted by atomic mass is 16.7. The molecule has 1 heterocycles. The van der Waals surface area contributed by atoms with Crippen LogP contribution in [0.2, 0.25) is 0 Å². The summed E-state index contributed by atoms with van der Waals surface area (Å²) in [6.45, 7) is 0. The summed E-state index contributed by atoms with van der Waals surface area (Å²) in [5.74, 6) is -2.36. The average molecular weight is 332 g/mol. The Hall–Kier alpha value is -2.34. The molecule has 0 radical (unpaired) electrons. The van der Waals surface area contributed by atoms with E-state index in [0.717, 1.165) is 5.56 Å². The van der Waals surface area contributed by atoms with Gasteiger partial charge in [0.2, 0.25) is 0 Å². The Morgan fingerprint density at radius 3 is 2.83 bits per heavy atom. The molecule has 128 valence electrons. The van der Waals surface area contributed by atoms with Crippen molar-refractivity contribution in [2.75, 3.05) is 14.2 Å². The third-order valence-corrected chi connectivity index (χ3v) is 4.53. The summed E-state index contributed by atoms with van der Waals surface area (Å²) in [5.41, 5.74) is 1.34. The average Bonchev–Trinajstić information content (AvgIpc) is 2.60. The number of Topliss-reactive ketones (excluding diaryl/α,β-unsaturated/α-hetero) is 1. The Kier molecular flexibility index (Phi) is 4.32. The molecule has 0 bridgehead atoms. The first-order valence-corrected chi connectivity index (χ1v) is 7.88. The second-order valence-corrected chi connectivity index (χ2v) is 6.02. The maximum atomic E-state index is 12.5. The summed E-state index contributed by atoms with van der Waals surface area (Å²) >= 11 is 0. The summed E-state index contributed by atoms with van der Waals surface area (Å²) < 4.78 is 15.4. The van der Waals surface area contributed by atoms with Crippen LogP contribution in [0.5, 0.6) is 5.75 Å². The molecule has 1 aliphatic heterocycles. The first-order chi connectivity index (χ1) is 11.5. The van der Waals surface area contributed by atoms with E-state index in [1.165, 1.54) is 7.11 Å². The van der Waals surface area contributed by atoms with Crippen LogP contribution in [0.4, 0.5) is 0 Å². The molecule has 3 rings (SSSR count). The minimum atomic E-state index is -2.08. The van der Waals surface area contributed by atoms with Gasteiger partial charge in [-0.25, -0.2) is 4.79 Å². The highest BCUT2D eigenvalue weighted by molar-refractivity contribution is 5.98. The number of ether oxygens (including phenoxy) is 3. The molecule has 6 nitrogen and oxygen atoms in total. The number of esters is 1. The van der Waals surface area contributed by atoms with Gasteiger partial charge in [0.1, 0.15) is 11.5 Å². The summed E-state index contributed by atoms with van der Waals surface area (Å²) in [5, 5.41) is 10.6. The Morgan fingerprint density at radius 2 is 2.12 bits per heavy atom. The van der Waals surface area contributed by atoms with E-state index in [1.54, 1.807) is 19.2 Å². The van der Waals surface area contributed by atoms with Crippen LogP contribution in [0.1, 0.15) is 37.2 Å². The van der Waals surface area contributed by atoms with Gasteiger partial charge in [-0.3, -0.25) is 4.79 Å². The Morgan fingerprint density at radius 1 is 1.33 bits per heavy atom. The van der Waals surface area contributed by atoms with Gasteiger partial charge in [0.15, 0.2) is 5.78 Å². The topological polar surface area (TPSA) is 82.1 Å². The van der Waals surface area contributed by atoms with Crippen molar-refractivity contribution < 1.29 is 28.9 Å². The van der Waals surface area contributed by atoms with E-state index in [1.807, 2.05) is 12.1 Å². The fourth-order valence-electron chi connectivity index (χ4n) is 3.38. The van der Waals surface area contributed by atoms with Crippen molar-refractivity contribution in [2.45, 2.75) is 37.4 Å². The number of hydrogen-bond acceptors (Lipinski definition) is 6. The maximum Gasteiger partial charge on any atom is 0.379 e. The standard InChI is InChI=1S/C18H20O6/c1-22-12-6-3-5-11(9-12)13-10-18(21,17(20)23-2)24-15-8-4-7-14(19)16(13)15/h3,5-6,9,13,21H,4,7-8,10H2,1-2H3/t13-,18?/m1/s1. The van der Waals surface area contributed by atoms with E-state index >= 15 is 0 Å². The van der Waals surface area contributed by atoms with Gasteiger partial charge in [-0.1, -0.05) is 12.1 Å². The third kappa shape index (κ3) is 2.78. The van der Waals surface area contributed by atoms with Crippen molar-refractivity contribution in [2.24, 2.45) is 0 Å². The molecule has 0 saturated carbocycles. The smallest absolute Gasteiger partial charge is 0.379 e. The molecule has 2 aliphatic rings. The van der Waals surface area contributed by atoms with Crippen molar-refractivity contribution >= 4 is 11.8 Å². The largest absolute Gasteiger partial charge is 0.497 e. The first-order valence-electron chi connectivity index (χ1n) is 7.88. The van der Waals surface area contributed by atoms with Crippen LogP contribution in [-0.2, 0) is 19.1 Å². The highest BCUT2D eigenvalue weighted by Gasteiger charge is 2.50. The van der Waals surface area contributed by atoms with Crippen molar-refractivity contribution in [3.63, 3.8) is 0 Å². The lowest BCUT2D eigenvalue weighted by Crippen LogP contribution is -2.47. The number of carbonyl (C=O) groups is 2. The predicted octanol–water partition coefficient (Wildman–Crippen LogP) is 2.07. The zero-order valence-electron chi connectivity index (χ0n) is 13.7. The molecule has 1 aromatic rings. The lowest BCUT2D eigenvalue weighted by Gasteiger charge is -2.39. The molecule has 0 fully saturated rings. The van der Waals surface area contributed by atoms with E-state index in [-0.39, 0.29) is 12.2 Å². The van der Waals surface area contributed by atoms with Gasteiger partial charge in [0.25, 0.3) is 0 Å². The minimum absolute atomic E-state index is 0.00372. The number of carbonyl (C=O) groups excluding carboxylic acids is 2. The minimum Gasteiger partial charge on any atom is -0.497 e. The number of aliphatic hydroxyl groups is 1. The van der Waals surface area contributed by atoms with Crippen molar-refractivity contribution in [3.05, 3.63) is 41.2 Å². The zero-order chi connectivity index (χ0) is 17.3. The summed E-state index contributed by atoms with van der Waals surface area (Å²) in [4.78, 5) is 24.5. The zero-order valence-corrected chi connectivity index (χ0v) is 13.7. The molecule has 0 amide bonds. The van der Waals surface area contributed by atoms with E-state index in [4.69, 9.17) is 9.47 Å². The number of benzene rings is 1. The number of rotatable bonds is 3. The SMILES string of the molecule is COC(=O)C1(O)C[C@H](c2cccc(OC)c2)C2=C(CCCC2=O)O1. The third-order valence-electron chi connectivity index (χ3n) is 4.53. The van der Waals surface area contributed by atoms with Crippen LogP contribution in [0.25, 0.3) is 0 Å². The van der Waals surface area contributed by atoms with Crippen LogP contribution in [0, 0.1) is 0 Å². The van der Waals surface area contributed by atoms with E-state index in [0.29, 0.717) is 36.3 Å². The van der Waals surface area contributed by atoms with Gasteiger partial charge in [-0.05, 0) is 24.1 Å². The fourth-order valence-corrected chi connectivity index (χ4v) is 3.38. The van der Waals surface area contributed by atoms with Crippen LogP contribution in [0.15, 0.2) is 35.6 Å². The molecular weight excluding hydrogens is 312 g/mol. The number of allylic oxidation sites excluding steroid dienone is 2. The van der Waals surface area contributed by atoms with Gasteiger partial charge in [0.05, 0.1) is 14.2 Å². The second-order valence-electron chi connectivity index (χ2n) is 6.02. The second kappa shape index (κ2) is 6.28. The van der Waals surface area contributed by atoms with Crippen molar-refractivity contribution in [1.82, 2.24) is 0 Å². The van der Waals surface area contributed by atoms with Gasteiger partial charge < -0.3 is 19.3 Å². The summed E-state index contributed by atoms with van der Waals surface area (Å²) in [6, 6.07) is 7.27. The number of methoxy groups -OCH3 is 2. The van der Waals surface area contributed by atoms with Crippen molar-refractivity contribution in [1.29, 1.82) is 0 Å². The number of ketones is 1. The fraction of sp³-hybridized carbons (Fsp3) is 0.444. The van der Waals surface area contributed by atoms with Crippen molar-refractivity contribution in [3.8, 4) is 5.75 Å². The molecule has 1 aromatic carbocycles. The molecule has 1 N–H and O–H groups in total. The Labute approximate surface area is 140 Å². The lowest BCUT2D eigenvalue weighted by molar-refractivity contribution is -0.222. The van der Waals surface area contributed by atoms with Crippen LogP contribution >= 0.6 is 0 Å². The van der Waals surface area contributed by atoms with E-state index < -0.39 is 17.7 Å². The predicted molar refractivity (Wildman–Crippen MR) is 84.3 cm³/mol. The molecule has 0 spiro atoms. The van der Waals surface area contributed by atoms with Gasteiger partial charge in [-0.2, -0.15) is 0 Å². The Balaban J connectivity index is 2.09. The maximum absolute atomic E-state index is 12.5. The molecule has 2 atom stereocenters. The molecule has 0 saturated heterocycles. The lowest BCUT2D eigenvalue weighted by atomic mass is 9.77. The molecule has 1 aliphatic carbocycles. The van der Waals surface area contributed by atoms with Crippen LogP contribution < -0.4 is 4.74 Å². The van der Waals surface area contributed by atoms with E-state index in [2.05, 4.69) is 4.74 Å². The van der Waals surface area contributed by atoms with Gasteiger partial charge in [0, 0.05) is 30.8 Å². The summed E-state index contributed by atoms with van der Waals surface area (Å²) in [7, 11) is 2.75. The molecule has 0 aromatic heterocycles. The van der Waals surface area contributed by atoms with E-state index in [9.17, 15) is 14.7 Å². The number of hydrogen-bond donors (Lipinski definition) is 1. The normalized spacial score (nSPS) is 26.5. The quantitative estimate of drug-likeness (QED) is 0.853. The molecule has 1 unspecified atom stereocenters. The molecular formula is C18H20O6. The van der Waals surface area contributed by atoms with Gasteiger partial charge >= 0.3 is 11.8 Å². The summed E-state index contributed by atoms with van der Waals surface area (Å²) in [6.07, 6.45) is 1.53. The van der Waals surface area contributed by atoms with Gasteiger partial charge in [-0.15, -0.1) is 0 Å².